The number of fused-ring (bicyclic) bond motifs is 1. The Labute approximate surface area is 180 Å². The molecule has 0 spiro atoms. The molecule has 9 heteroatoms. The third kappa shape index (κ3) is 4.37. The fourth-order valence-corrected chi connectivity index (χ4v) is 4.96. The lowest BCUT2D eigenvalue weighted by atomic mass is 10.0. The Kier molecular flexibility index (Phi) is 5.88. The summed E-state index contributed by atoms with van der Waals surface area (Å²) in [5.74, 6) is 0.460. The number of aromatic nitrogens is 3. The first kappa shape index (κ1) is 21.5. The van der Waals surface area contributed by atoms with E-state index in [0.29, 0.717) is 28.2 Å². The monoisotopic (exact) mass is 446 g/mol. The molecule has 3 aromatic rings. The van der Waals surface area contributed by atoms with Crippen molar-refractivity contribution in [2.24, 2.45) is 0 Å². The molecule has 2 heterocycles. The predicted octanol–water partition coefficient (Wildman–Crippen LogP) is 5.47. The second-order valence-electron chi connectivity index (χ2n) is 7.85. The molecule has 1 N–H and O–H groups in total. The number of anilines is 2. The maximum Gasteiger partial charge on any atom is 0.280 e. The molecule has 2 aromatic heterocycles. The molecule has 1 aliphatic carbocycles. The van der Waals surface area contributed by atoms with Crippen LogP contribution in [0.2, 0.25) is 0 Å². The minimum absolute atomic E-state index is 0.0323. The number of hydrogen-bond donors (Lipinski definition) is 1. The van der Waals surface area contributed by atoms with E-state index in [-0.39, 0.29) is 22.3 Å². The lowest BCUT2D eigenvalue weighted by Gasteiger charge is -2.15. The molecule has 1 aromatic carbocycles. The maximum atomic E-state index is 13.4. The van der Waals surface area contributed by atoms with E-state index in [4.69, 9.17) is 0 Å². The Morgan fingerprint density at radius 2 is 1.90 bits per heavy atom. The van der Waals surface area contributed by atoms with Crippen LogP contribution in [-0.2, 0) is 9.84 Å². The predicted molar refractivity (Wildman–Crippen MR) is 116 cm³/mol. The van der Waals surface area contributed by atoms with E-state index in [1.165, 1.54) is 12.3 Å². The van der Waals surface area contributed by atoms with Gasteiger partial charge in [0, 0.05) is 23.2 Å². The molecule has 1 saturated carbocycles. The summed E-state index contributed by atoms with van der Waals surface area (Å²) in [7, 11) is -3.29. The molecular formula is C22H24F2N4O2S. The number of benzene rings is 1. The van der Waals surface area contributed by atoms with Crippen molar-refractivity contribution in [1.29, 1.82) is 0 Å². The Hall–Kier alpha value is -2.68. The van der Waals surface area contributed by atoms with Crippen LogP contribution in [0.1, 0.15) is 61.9 Å². The largest absolute Gasteiger partial charge is 0.324 e. The second kappa shape index (κ2) is 8.45. The summed E-state index contributed by atoms with van der Waals surface area (Å²) in [5, 5.41) is 3.66. The highest BCUT2D eigenvalue weighted by atomic mass is 32.2. The smallest absolute Gasteiger partial charge is 0.280 e. The van der Waals surface area contributed by atoms with Gasteiger partial charge < -0.3 is 5.32 Å². The van der Waals surface area contributed by atoms with Gasteiger partial charge in [0.1, 0.15) is 5.69 Å². The topological polar surface area (TPSA) is 84.8 Å². The average molecular weight is 447 g/mol. The summed E-state index contributed by atoms with van der Waals surface area (Å²) in [6, 6.07) is 6.19. The van der Waals surface area contributed by atoms with Gasteiger partial charge in [-0.1, -0.05) is 19.8 Å². The summed E-state index contributed by atoms with van der Waals surface area (Å²) >= 11 is 0. The zero-order valence-electron chi connectivity index (χ0n) is 17.4. The van der Waals surface area contributed by atoms with Crippen LogP contribution in [0, 0.1) is 6.92 Å². The van der Waals surface area contributed by atoms with Gasteiger partial charge in [0.15, 0.2) is 9.84 Å². The molecule has 1 aliphatic rings. The lowest BCUT2D eigenvalue weighted by Crippen LogP contribution is -2.07. The minimum Gasteiger partial charge on any atom is -0.324 e. The van der Waals surface area contributed by atoms with Gasteiger partial charge in [-0.25, -0.2) is 32.2 Å². The van der Waals surface area contributed by atoms with E-state index >= 15 is 0 Å². The molecule has 6 nitrogen and oxygen atoms in total. The zero-order valence-corrected chi connectivity index (χ0v) is 18.2. The highest BCUT2D eigenvalue weighted by molar-refractivity contribution is 7.91. The van der Waals surface area contributed by atoms with E-state index < -0.39 is 16.3 Å². The van der Waals surface area contributed by atoms with Crippen LogP contribution in [0.4, 0.5) is 20.4 Å². The highest BCUT2D eigenvalue weighted by Crippen LogP contribution is 2.37. The number of alkyl halides is 2. The van der Waals surface area contributed by atoms with Crippen LogP contribution in [0.15, 0.2) is 35.4 Å². The van der Waals surface area contributed by atoms with E-state index in [1.54, 1.807) is 32.0 Å². The summed E-state index contributed by atoms with van der Waals surface area (Å²) < 4.78 is 50.9. The Balaban J connectivity index is 1.72. The van der Waals surface area contributed by atoms with E-state index in [2.05, 4.69) is 20.3 Å². The quantitative estimate of drug-likeness (QED) is 0.541. The van der Waals surface area contributed by atoms with Crippen molar-refractivity contribution < 1.29 is 17.2 Å². The Morgan fingerprint density at radius 1 is 1.16 bits per heavy atom. The SMILES string of the molecule is CCS(=O)(=O)c1ccc(Nc2ncc3cc(C(F)F)nc(C4CCCC4)c3n2)c(C)c1. The van der Waals surface area contributed by atoms with Crippen LogP contribution >= 0.6 is 0 Å². The molecule has 31 heavy (non-hydrogen) atoms. The number of nitrogens with one attached hydrogen (secondary N) is 1. The van der Waals surface area contributed by atoms with Gasteiger partial charge in [-0.3, -0.25) is 0 Å². The number of sulfone groups is 1. The number of aryl methyl sites for hydroxylation is 1. The molecule has 0 saturated heterocycles. The van der Waals surface area contributed by atoms with Gasteiger partial charge in [-0.2, -0.15) is 0 Å². The average Bonchev–Trinajstić information content (AvgIpc) is 3.29. The van der Waals surface area contributed by atoms with Crippen molar-refractivity contribution in [3.8, 4) is 0 Å². The summed E-state index contributed by atoms with van der Waals surface area (Å²) in [5.41, 5.74) is 2.35. The van der Waals surface area contributed by atoms with Crippen molar-refractivity contribution in [2.75, 3.05) is 11.1 Å². The number of pyridine rings is 1. The van der Waals surface area contributed by atoms with Crippen molar-refractivity contribution in [3.63, 3.8) is 0 Å². The molecule has 0 unspecified atom stereocenters. The van der Waals surface area contributed by atoms with Gasteiger partial charge in [-0.15, -0.1) is 0 Å². The van der Waals surface area contributed by atoms with Crippen LogP contribution < -0.4 is 5.32 Å². The summed E-state index contributed by atoms with van der Waals surface area (Å²) in [4.78, 5) is 13.4. The van der Waals surface area contributed by atoms with Gasteiger partial charge in [-0.05, 0) is 49.6 Å². The molecular weight excluding hydrogens is 422 g/mol. The van der Waals surface area contributed by atoms with E-state index in [9.17, 15) is 17.2 Å². The van der Waals surface area contributed by atoms with Crippen molar-refractivity contribution >= 4 is 32.4 Å². The molecule has 0 amide bonds. The Bertz CT molecular complexity index is 1230. The van der Waals surface area contributed by atoms with Gasteiger partial charge in [0.2, 0.25) is 5.95 Å². The van der Waals surface area contributed by atoms with Crippen LogP contribution in [0.5, 0.6) is 0 Å². The van der Waals surface area contributed by atoms with Crippen LogP contribution in [-0.4, -0.2) is 29.1 Å². The standard InChI is InChI=1S/C22H24F2N4O2S/c1-3-31(29,30)16-8-9-17(13(2)10-16)27-22-25-12-15-11-18(21(23)24)26-19(20(15)28-22)14-6-4-5-7-14/h8-12,14,21H,3-7H2,1-2H3,(H,25,27,28). The number of hydrogen-bond acceptors (Lipinski definition) is 6. The lowest BCUT2D eigenvalue weighted by molar-refractivity contribution is 0.146. The fraction of sp³-hybridized carbons (Fsp3) is 0.409. The molecule has 0 radical (unpaired) electrons. The van der Waals surface area contributed by atoms with E-state index in [0.717, 1.165) is 31.2 Å². The molecule has 0 bridgehead atoms. The van der Waals surface area contributed by atoms with Crippen LogP contribution in [0.3, 0.4) is 0 Å². The highest BCUT2D eigenvalue weighted by Gasteiger charge is 2.24. The van der Waals surface area contributed by atoms with Crippen LogP contribution in [0.25, 0.3) is 10.9 Å². The van der Waals surface area contributed by atoms with Gasteiger partial charge in [0.25, 0.3) is 6.43 Å². The third-order valence-electron chi connectivity index (χ3n) is 5.76. The van der Waals surface area contributed by atoms with Gasteiger partial charge in [0.05, 0.1) is 21.9 Å². The number of nitrogens with zero attached hydrogens (tertiary/aromatic N) is 3. The number of rotatable bonds is 6. The van der Waals surface area contributed by atoms with E-state index in [1.807, 2.05) is 0 Å². The summed E-state index contributed by atoms with van der Waals surface area (Å²) in [6.45, 7) is 3.41. The first-order chi connectivity index (χ1) is 14.8. The molecule has 1 fully saturated rings. The molecule has 0 aliphatic heterocycles. The van der Waals surface area contributed by atoms with Crippen molar-refractivity contribution in [1.82, 2.24) is 15.0 Å². The number of halogens is 2. The van der Waals surface area contributed by atoms with Crippen molar-refractivity contribution in [2.45, 2.75) is 56.8 Å². The van der Waals surface area contributed by atoms with Gasteiger partial charge >= 0.3 is 0 Å². The normalized spacial score (nSPS) is 15.1. The summed E-state index contributed by atoms with van der Waals surface area (Å²) in [6.07, 6.45) is 2.80. The molecule has 164 valence electrons. The fourth-order valence-electron chi connectivity index (χ4n) is 4.00. The molecule has 4 rings (SSSR count). The first-order valence-electron chi connectivity index (χ1n) is 10.3. The van der Waals surface area contributed by atoms with Crippen molar-refractivity contribution in [3.05, 3.63) is 47.4 Å². The maximum absolute atomic E-state index is 13.4. The first-order valence-corrected chi connectivity index (χ1v) is 12.0. The minimum atomic E-state index is -3.29. The molecule has 0 atom stereocenters. The Morgan fingerprint density at radius 3 is 2.55 bits per heavy atom. The second-order valence-corrected chi connectivity index (χ2v) is 10.1. The third-order valence-corrected chi connectivity index (χ3v) is 7.49. The zero-order chi connectivity index (χ0) is 22.2.